The predicted molar refractivity (Wildman–Crippen MR) is 72.2 cm³/mol. The minimum absolute atomic E-state index is 0.0486. The van der Waals surface area contributed by atoms with E-state index in [0.717, 1.165) is 5.56 Å². The zero-order valence-electron chi connectivity index (χ0n) is 10.3. The van der Waals surface area contributed by atoms with Crippen LogP contribution in [0.1, 0.15) is 21.5 Å². The van der Waals surface area contributed by atoms with Gasteiger partial charge in [0.15, 0.2) is 17.3 Å². The quantitative estimate of drug-likeness (QED) is 0.785. The molecule has 0 fully saturated rings. The van der Waals surface area contributed by atoms with E-state index in [-0.39, 0.29) is 12.6 Å². The highest BCUT2D eigenvalue weighted by molar-refractivity contribution is 6.30. The van der Waals surface area contributed by atoms with E-state index >= 15 is 0 Å². The van der Waals surface area contributed by atoms with Crippen LogP contribution < -0.4 is 9.47 Å². The molecule has 1 aliphatic rings. The molecular formula is C15H11ClO3. The molecule has 2 aromatic carbocycles. The molecule has 0 saturated carbocycles. The number of halogens is 1. The molecular weight excluding hydrogens is 264 g/mol. The first-order chi connectivity index (χ1) is 9.15. The van der Waals surface area contributed by atoms with Gasteiger partial charge in [-0.15, -0.1) is 0 Å². The third-order valence-electron chi connectivity index (χ3n) is 3.07. The number of hydrogen-bond acceptors (Lipinski definition) is 3. The van der Waals surface area contributed by atoms with E-state index in [1.54, 1.807) is 36.4 Å². The molecule has 0 N–H and O–H groups in total. The van der Waals surface area contributed by atoms with E-state index in [1.165, 1.54) is 0 Å². The van der Waals surface area contributed by atoms with E-state index in [4.69, 9.17) is 21.1 Å². The van der Waals surface area contributed by atoms with Crippen LogP contribution in [-0.4, -0.2) is 12.6 Å². The van der Waals surface area contributed by atoms with Crippen molar-refractivity contribution in [3.8, 4) is 11.5 Å². The van der Waals surface area contributed by atoms with E-state index in [9.17, 15) is 4.79 Å². The van der Waals surface area contributed by atoms with Gasteiger partial charge in [0.05, 0.1) is 0 Å². The molecule has 1 aliphatic heterocycles. The van der Waals surface area contributed by atoms with Crippen LogP contribution in [0.3, 0.4) is 0 Å². The van der Waals surface area contributed by atoms with Crippen LogP contribution in [0.5, 0.6) is 11.5 Å². The van der Waals surface area contributed by atoms with E-state index < -0.39 is 0 Å². The number of ketones is 1. The molecule has 4 heteroatoms. The summed E-state index contributed by atoms with van der Waals surface area (Å²) in [5.74, 6) is 1.23. The second-order valence-corrected chi connectivity index (χ2v) is 4.79. The summed E-state index contributed by atoms with van der Waals surface area (Å²) >= 11 is 5.90. The summed E-state index contributed by atoms with van der Waals surface area (Å²) in [6.07, 6.45) is 0. The number of carbonyl (C=O) groups excluding carboxylic acids is 1. The molecule has 3 nitrogen and oxygen atoms in total. The maximum absolute atomic E-state index is 12.4. The minimum atomic E-state index is -0.0486. The fourth-order valence-electron chi connectivity index (χ4n) is 2.08. The highest BCUT2D eigenvalue weighted by Gasteiger charge is 2.18. The third kappa shape index (κ3) is 2.17. The fourth-order valence-corrected chi connectivity index (χ4v) is 2.30. The van der Waals surface area contributed by atoms with Gasteiger partial charge >= 0.3 is 0 Å². The standard InChI is InChI=1S/C15H11ClO3/c1-9-6-11(16)3-4-12(9)15(17)10-2-5-13-14(7-10)19-8-18-13/h2-7H,8H2,1H3. The monoisotopic (exact) mass is 274 g/mol. The molecule has 0 unspecified atom stereocenters. The van der Waals surface area contributed by atoms with Crippen molar-refractivity contribution in [1.82, 2.24) is 0 Å². The Labute approximate surface area is 115 Å². The number of rotatable bonds is 2. The van der Waals surface area contributed by atoms with E-state index in [0.29, 0.717) is 27.6 Å². The van der Waals surface area contributed by atoms with Crippen molar-refractivity contribution in [3.05, 3.63) is 58.1 Å². The summed E-state index contributed by atoms with van der Waals surface area (Å²) in [7, 11) is 0. The molecule has 3 rings (SSSR count). The van der Waals surface area contributed by atoms with Crippen LogP contribution in [0.25, 0.3) is 0 Å². The van der Waals surface area contributed by atoms with Gasteiger partial charge in [0.1, 0.15) is 0 Å². The molecule has 0 spiro atoms. The topological polar surface area (TPSA) is 35.5 Å². The van der Waals surface area contributed by atoms with Crippen molar-refractivity contribution in [2.75, 3.05) is 6.79 Å². The number of benzene rings is 2. The minimum Gasteiger partial charge on any atom is -0.454 e. The van der Waals surface area contributed by atoms with Gasteiger partial charge in [-0.1, -0.05) is 11.6 Å². The highest BCUT2D eigenvalue weighted by Crippen LogP contribution is 2.33. The van der Waals surface area contributed by atoms with Gasteiger partial charge in [-0.3, -0.25) is 4.79 Å². The summed E-state index contributed by atoms with van der Waals surface area (Å²) in [5, 5.41) is 0.625. The van der Waals surface area contributed by atoms with Crippen molar-refractivity contribution >= 4 is 17.4 Å². The van der Waals surface area contributed by atoms with Crippen LogP contribution in [0, 0.1) is 6.92 Å². The smallest absolute Gasteiger partial charge is 0.231 e. The second-order valence-electron chi connectivity index (χ2n) is 4.36. The Kier molecular flexibility index (Phi) is 2.91. The lowest BCUT2D eigenvalue weighted by Crippen LogP contribution is -2.03. The lowest BCUT2D eigenvalue weighted by molar-refractivity contribution is 0.103. The summed E-state index contributed by atoms with van der Waals surface area (Å²) < 4.78 is 10.5. The number of aryl methyl sites for hydroxylation is 1. The van der Waals surface area contributed by atoms with E-state index in [1.807, 2.05) is 6.92 Å². The van der Waals surface area contributed by atoms with Gasteiger partial charge in [-0.05, 0) is 48.9 Å². The Morgan fingerprint density at radius 1 is 1.11 bits per heavy atom. The van der Waals surface area contributed by atoms with E-state index in [2.05, 4.69) is 0 Å². The molecule has 96 valence electrons. The van der Waals surface area contributed by atoms with Crippen LogP contribution in [0.15, 0.2) is 36.4 Å². The Hall–Kier alpha value is -2.00. The van der Waals surface area contributed by atoms with Crippen LogP contribution in [-0.2, 0) is 0 Å². The zero-order valence-corrected chi connectivity index (χ0v) is 11.0. The molecule has 0 radical (unpaired) electrons. The van der Waals surface area contributed by atoms with Crippen molar-refractivity contribution in [3.63, 3.8) is 0 Å². The normalized spacial score (nSPS) is 12.5. The molecule has 19 heavy (non-hydrogen) atoms. The molecule has 0 amide bonds. The maximum atomic E-state index is 12.4. The third-order valence-corrected chi connectivity index (χ3v) is 3.30. The summed E-state index contributed by atoms with van der Waals surface area (Å²) in [6.45, 7) is 2.07. The Morgan fingerprint density at radius 2 is 1.89 bits per heavy atom. The average molecular weight is 275 g/mol. The first-order valence-electron chi connectivity index (χ1n) is 5.85. The number of hydrogen-bond donors (Lipinski definition) is 0. The molecule has 0 saturated heterocycles. The number of fused-ring (bicyclic) bond motifs is 1. The number of ether oxygens (including phenoxy) is 2. The Morgan fingerprint density at radius 3 is 2.68 bits per heavy atom. The van der Waals surface area contributed by atoms with Gasteiger partial charge in [-0.2, -0.15) is 0 Å². The van der Waals surface area contributed by atoms with Crippen molar-refractivity contribution < 1.29 is 14.3 Å². The first-order valence-corrected chi connectivity index (χ1v) is 6.23. The van der Waals surface area contributed by atoms with Crippen molar-refractivity contribution in [1.29, 1.82) is 0 Å². The molecule has 0 atom stereocenters. The van der Waals surface area contributed by atoms with Gasteiger partial charge in [-0.25, -0.2) is 0 Å². The van der Waals surface area contributed by atoms with Crippen LogP contribution >= 0.6 is 11.6 Å². The molecule has 0 bridgehead atoms. The zero-order chi connectivity index (χ0) is 13.4. The lowest BCUT2D eigenvalue weighted by atomic mass is 9.99. The summed E-state index contributed by atoms with van der Waals surface area (Å²) in [6, 6.07) is 10.4. The summed E-state index contributed by atoms with van der Waals surface area (Å²) in [5.41, 5.74) is 2.08. The molecule has 2 aromatic rings. The largest absolute Gasteiger partial charge is 0.454 e. The van der Waals surface area contributed by atoms with Crippen molar-refractivity contribution in [2.45, 2.75) is 6.92 Å². The average Bonchev–Trinajstić information content (AvgIpc) is 2.85. The summed E-state index contributed by atoms with van der Waals surface area (Å²) in [4.78, 5) is 12.4. The Balaban J connectivity index is 2.00. The second kappa shape index (κ2) is 4.59. The lowest BCUT2D eigenvalue weighted by Gasteiger charge is -2.06. The first kappa shape index (κ1) is 12.1. The highest BCUT2D eigenvalue weighted by atomic mass is 35.5. The Bertz CT molecular complexity index is 664. The molecule has 0 aromatic heterocycles. The predicted octanol–water partition coefficient (Wildman–Crippen LogP) is 3.61. The van der Waals surface area contributed by atoms with Crippen molar-refractivity contribution in [2.24, 2.45) is 0 Å². The van der Waals surface area contributed by atoms with Gasteiger partial charge in [0.25, 0.3) is 0 Å². The van der Waals surface area contributed by atoms with Gasteiger partial charge < -0.3 is 9.47 Å². The SMILES string of the molecule is Cc1cc(Cl)ccc1C(=O)c1ccc2c(c1)OCO2. The van der Waals surface area contributed by atoms with Crippen LogP contribution in [0.2, 0.25) is 5.02 Å². The van der Waals surface area contributed by atoms with Crippen LogP contribution in [0.4, 0.5) is 0 Å². The fraction of sp³-hybridized carbons (Fsp3) is 0.133. The van der Waals surface area contributed by atoms with Gasteiger partial charge in [0.2, 0.25) is 6.79 Å². The molecule has 1 heterocycles. The molecule has 0 aliphatic carbocycles. The van der Waals surface area contributed by atoms with Gasteiger partial charge in [0, 0.05) is 16.1 Å². The number of carbonyl (C=O) groups is 1. The maximum Gasteiger partial charge on any atom is 0.231 e.